The molecule has 2 amide bonds. The van der Waals surface area contributed by atoms with Crippen LogP contribution >= 0.6 is 0 Å². The molecule has 0 aliphatic heterocycles. The van der Waals surface area contributed by atoms with Gasteiger partial charge in [0.1, 0.15) is 0 Å². The van der Waals surface area contributed by atoms with Gasteiger partial charge in [-0.3, -0.25) is 0 Å². The third-order valence-electron chi connectivity index (χ3n) is 2.68. The van der Waals surface area contributed by atoms with Crippen molar-refractivity contribution in [2.24, 2.45) is 0 Å². The van der Waals surface area contributed by atoms with Gasteiger partial charge in [0.05, 0.1) is 6.10 Å². The van der Waals surface area contributed by atoms with Gasteiger partial charge in [-0.1, -0.05) is 17.3 Å². The van der Waals surface area contributed by atoms with Crippen LogP contribution in [0.3, 0.4) is 0 Å². The van der Waals surface area contributed by atoms with Crippen molar-refractivity contribution in [3.05, 3.63) is 42.0 Å². The molecule has 1 atom stereocenters. The second kappa shape index (κ2) is 6.67. The van der Waals surface area contributed by atoms with E-state index in [4.69, 9.17) is 4.52 Å². The van der Waals surface area contributed by atoms with Gasteiger partial charge in [-0.2, -0.15) is 4.98 Å². The zero-order chi connectivity index (χ0) is 14.4. The first-order valence-corrected chi connectivity index (χ1v) is 6.23. The number of benzene rings is 1. The lowest BCUT2D eigenvalue weighted by Crippen LogP contribution is -2.30. The monoisotopic (exact) mass is 276 g/mol. The summed E-state index contributed by atoms with van der Waals surface area (Å²) in [6.45, 7) is 2.09. The third kappa shape index (κ3) is 4.06. The minimum atomic E-state index is -0.521. The van der Waals surface area contributed by atoms with E-state index < -0.39 is 6.10 Å². The van der Waals surface area contributed by atoms with Crippen LogP contribution < -0.4 is 10.6 Å². The highest BCUT2D eigenvalue weighted by molar-refractivity contribution is 5.89. The first kappa shape index (κ1) is 14.0. The molecule has 2 rings (SSSR count). The minimum absolute atomic E-state index is 0.311. The van der Waals surface area contributed by atoms with E-state index in [0.29, 0.717) is 24.5 Å². The van der Waals surface area contributed by atoms with Crippen LogP contribution in [0.5, 0.6) is 0 Å². The molecule has 20 heavy (non-hydrogen) atoms. The smallest absolute Gasteiger partial charge is 0.319 e. The van der Waals surface area contributed by atoms with E-state index in [9.17, 15) is 9.90 Å². The molecule has 1 aromatic carbocycles. The van der Waals surface area contributed by atoms with Gasteiger partial charge in [0, 0.05) is 18.7 Å². The number of nitrogens with one attached hydrogen (secondary N) is 2. The SMILES string of the molecule is CC(O)c1ccc(NC(=O)NCCc2ncno2)cc1. The summed E-state index contributed by atoms with van der Waals surface area (Å²) >= 11 is 0. The average Bonchev–Trinajstić information content (AvgIpc) is 2.92. The molecule has 106 valence electrons. The highest BCUT2D eigenvalue weighted by atomic mass is 16.5. The van der Waals surface area contributed by atoms with E-state index in [-0.39, 0.29) is 6.03 Å². The highest BCUT2D eigenvalue weighted by Gasteiger charge is 2.04. The molecule has 0 bridgehead atoms. The summed E-state index contributed by atoms with van der Waals surface area (Å²) < 4.78 is 4.81. The summed E-state index contributed by atoms with van der Waals surface area (Å²) in [5, 5.41) is 18.2. The lowest BCUT2D eigenvalue weighted by molar-refractivity contribution is 0.199. The Morgan fingerprint density at radius 3 is 2.75 bits per heavy atom. The maximum Gasteiger partial charge on any atom is 0.319 e. The molecular formula is C13H16N4O3. The molecule has 0 spiro atoms. The molecule has 1 aromatic heterocycles. The Morgan fingerprint density at radius 2 is 2.15 bits per heavy atom. The van der Waals surface area contributed by atoms with Crippen molar-refractivity contribution < 1.29 is 14.4 Å². The molecular weight excluding hydrogens is 260 g/mol. The lowest BCUT2D eigenvalue weighted by atomic mass is 10.1. The Labute approximate surface area is 116 Å². The number of nitrogens with zero attached hydrogens (tertiary/aromatic N) is 2. The van der Waals surface area contributed by atoms with E-state index in [1.807, 2.05) is 0 Å². The van der Waals surface area contributed by atoms with Crippen LogP contribution in [0, 0.1) is 0 Å². The van der Waals surface area contributed by atoms with Gasteiger partial charge >= 0.3 is 6.03 Å². The summed E-state index contributed by atoms with van der Waals surface area (Å²) in [6, 6.07) is 6.69. The lowest BCUT2D eigenvalue weighted by Gasteiger charge is -2.08. The first-order valence-electron chi connectivity index (χ1n) is 6.23. The molecule has 7 nitrogen and oxygen atoms in total. The largest absolute Gasteiger partial charge is 0.389 e. The van der Waals surface area contributed by atoms with E-state index in [1.165, 1.54) is 6.33 Å². The molecule has 7 heteroatoms. The fourth-order valence-corrected chi connectivity index (χ4v) is 1.61. The number of hydrogen-bond acceptors (Lipinski definition) is 5. The number of hydrogen-bond donors (Lipinski definition) is 3. The van der Waals surface area contributed by atoms with Gasteiger partial charge < -0.3 is 20.3 Å². The number of aliphatic hydroxyl groups excluding tert-OH is 1. The van der Waals surface area contributed by atoms with Crippen molar-refractivity contribution in [2.75, 3.05) is 11.9 Å². The van der Waals surface area contributed by atoms with Crippen molar-refractivity contribution in [1.82, 2.24) is 15.5 Å². The number of carbonyl (C=O) groups is 1. The molecule has 0 aliphatic rings. The van der Waals surface area contributed by atoms with Crippen molar-refractivity contribution >= 4 is 11.7 Å². The van der Waals surface area contributed by atoms with Crippen LogP contribution in [0.1, 0.15) is 24.5 Å². The molecule has 2 aromatic rings. The number of aliphatic hydroxyl groups is 1. The van der Waals surface area contributed by atoms with Crippen LogP contribution in [0.25, 0.3) is 0 Å². The van der Waals surface area contributed by atoms with E-state index >= 15 is 0 Å². The van der Waals surface area contributed by atoms with Crippen LogP contribution in [0.15, 0.2) is 35.1 Å². The Balaban J connectivity index is 1.76. The van der Waals surface area contributed by atoms with Crippen molar-refractivity contribution in [3.8, 4) is 0 Å². The minimum Gasteiger partial charge on any atom is -0.389 e. The van der Waals surface area contributed by atoms with Crippen molar-refractivity contribution in [3.63, 3.8) is 0 Å². The predicted molar refractivity (Wildman–Crippen MR) is 72.1 cm³/mol. The number of aromatic nitrogens is 2. The van der Waals surface area contributed by atoms with Crippen LogP contribution in [-0.2, 0) is 6.42 Å². The first-order chi connectivity index (χ1) is 9.65. The van der Waals surface area contributed by atoms with E-state index in [1.54, 1.807) is 31.2 Å². The van der Waals surface area contributed by atoms with Gasteiger partial charge in [-0.25, -0.2) is 4.79 Å². The van der Waals surface area contributed by atoms with Crippen LogP contribution in [0.2, 0.25) is 0 Å². The Hall–Kier alpha value is -2.41. The average molecular weight is 276 g/mol. The van der Waals surface area contributed by atoms with E-state index in [2.05, 4.69) is 20.8 Å². The summed E-state index contributed by atoms with van der Waals surface area (Å²) in [7, 11) is 0. The second-order valence-corrected chi connectivity index (χ2v) is 4.26. The fraction of sp³-hybridized carbons (Fsp3) is 0.308. The number of urea groups is 1. The molecule has 0 saturated heterocycles. The number of anilines is 1. The molecule has 1 heterocycles. The van der Waals surface area contributed by atoms with Gasteiger partial charge in [0.25, 0.3) is 0 Å². The van der Waals surface area contributed by atoms with Crippen LogP contribution in [-0.4, -0.2) is 27.8 Å². The number of amides is 2. The molecule has 0 saturated carbocycles. The number of rotatable bonds is 5. The van der Waals surface area contributed by atoms with Crippen molar-refractivity contribution in [1.29, 1.82) is 0 Å². The Morgan fingerprint density at radius 1 is 1.40 bits per heavy atom. The molecule has 3 N–H and O–H groups in total. The third-order valence-corrected chi connectivity index (χ3v) is 2.68. The molecule has 0 fully saturated rings. The predicted octanol–water partition coefficient (Wildman–Crippen LogP) is 1.49. The normalized spacial score (nSPS) is 11.9. The zero-order valence-corrected chi connectivity index (χ0v) is 11.0. The Kier molecular flexibility index (Phi) is 4.67. The number of carbonyl (C=O) groups excluding carboxylic acids is 1. The van der Waals surface area contributed by atoms with Crippen LogP contribution in [0.4, 0.5) is 10.5 Å². The molecule has 0 aliphatic carbocycles. The second-order valence-electron chi connectivity index (χ2n) is 4.26. The van der Waals surface area contributed by atoms with Gasteiger partial charge in [-0.15, -0.1) is 0 Å². The van der Waals surface area contributed by atoms with Gasteiger partial charge in [0.15, 0.2) is 6.33 Å². The maximum atomic E-state index is 11.6. The summed E-state index contributed by atoms with van der Waals surface area (Å²) in [5.41, 5.74) is 1.46. The fourth-order valence-electron chi connectivity index (χ4n) is 1.61. The maximum absolute atomic E-state index is 11.6. The molecule has 0 radical (unpaired) electrons. The van der Waals surface area contributed by atoms with Gasteiger partial charge in [0.2, 0.25) is 5.89 Å². The topological polar surface area (TPSA) is 100 Å². The quantitative estimate of drug-likeness (QED) is 0.768. The standard InChI is InChI=1S/C13H16N4O3/c1-9(18)10-2-4-11(5-3-10)17-13(19)14-7-6-12-15-8-16-20-12/h2-5,8-9,18H,6-7H2,1H3,(H2,14,17,19). The highest BCUT2D eigenvalue weighted by Crippen LogP contribution is 2.15. The van der Waals surface area contributed by atoms with Crippen molar-refractivity contribution in [2.45, 2.75) is 19.4 Å². The zero-order valence-electron chi connectivity index (χ0n) is 11.0. The summed E-state index contributed by atoms with van der Waals surface area (Å²) in [4.78, 5) is 15.5. The summed E-state index contributed by atoms with van der Waals surface area (Å²) in [6.07, 6.45) is 1.28. The summed E-state index contributed by atoms with van der Waals surface area (Å²) in [5.74, 6) is 0.478. The van der Waals surface area contributed by atoms with Gasteiger partial charge in [-0.05, 0) is 24.6 Å². The molecule has 1 unspecified atom stereocenters. The Bertz CT molecular complexity index is 537. The van der Waals surface area contributed by atoms with E-state index in [0.717, 1.165) is 5.56 Å².